The third-order valence-electron chi connectivity index (χ3n) is 2.91. The summed E-state index contributed by atoms with van der Waals surface area (Å²) in [5.74, 6) is 0.158. The number of hydrogen-bond donors (Lipinski definition) is 2. The summed E-state index contributed by atoms with van der Waals surface area (Å²) in [6, 6.07) is 8.09. The maximum atomic E-state index is 13.6. The van der Waals surface area contributed by atoms with Gasteiger partial charge in [0, 0.05) is 13.6 Å². The van der Waals surface area contributed by atoms with Gasteiger partial charge in [-0.1, -0.05) is 31.2 Å². The van der Waals surface area contributed by atoms with Gasteiger partial charge in [-0.2, -0.15) is 4.98 Å². The number of aromatic nitrogens is 2. The van der Waals surface area contributed by atoms with Crippen molar-refractivity contribution in [3.63, 3.8) is 0 Å². The highest BCUT2D eigenvalue weighted by molar-refractivity contribution is 5.42. The predicted molar refractivity (Wildman–Crippen MR) is 74.7 cm³/mol. The summed E-state index contributed by atoms with van der Waals surface area (Å²) in [7, 11) is 1.70. The Morgan fingerprint density at radius 1 is 1.21 bits per heavy atom. The van der Waals surface area contributed by atoms with Crippen LogP contribution in [0.15, 0.2) is 30.5 Å². The Kier molecular flexibility index (Phi) is 4.28. The molecule has 0 spiro atoms. The topological polar surface area (TPSA) is 49.8 Å². The molecule has 2 aromatic rings. The zero-order valence-corrected chi connectivity index (χ0v) is 11.1. The van der Waals surface area contributed by atoms with Gasteiger partial charge in [-0.25, -0.2) is 9.37 Å². The summed E-state index contributed by atoms with van der Waals surface area (Å²) in [5.41, 5.74) is 2.40. The normalized spacial score (nSPS) is 10.3. The smallest absolute Gasteiger partial charge is 0.224 e. The van der Waals surface area contributed by atoms with Crippen LogP contribution in [0.2, 0.25) is 0 Å². The van der Waals surface area contributed by atoms with Gasteiger partial charge < -0.3 is 10.6 Å². The molecule has 0 radical (unpaired) electrons. The van der Waals surface area contributed by atoms with Gasteiger partial charge in [0.15, 0.2) is 11.6 Å². The van der Waals surface area contributed by atoms with E-state index in [0.29, 0.717) is 12.5 Å². The molecule has 0 amide bonds. The van der Waals surface area contributed by atoms with E-state index in [1.54, 1.807) is 7.05 Å². The van der Waals surface area contributed by atoms with Gasteiger partial charge in [-0.15, -0.1) is 0 Å². The Balaban J connectivity index is 2.14. The summed E-state index contributed by atoms with van der Waals surface area (Å²) >= 11 is 0. The number of halogens is 1. The zero-order valence-electron chi connectivity index (χ0n) is 11.1. The van der Waals surface area contributed by atoms with Crippen LogP contribution >= 0.6 is 0 Å². The minimum absolute atomic E-state index is 0.213. The van der Waals surface area contributed by atoms with Crippen LogP contribution in [0, 0.1) is 5.82 Å². The molecule has 0 bridgehead atoms. The third kappa shape index (κ3) is 3.19. The average molecular weight is 260 g/mol. The Morgan fingerprint density at radius 3 is 2.63 bits per heavy atom. The zero-order chi connectivity index (χ0) is 13.7. The molecule has 0 aliphatic heterocycles. The molecule has 0 atom stereocenters. The average Bonchev–Trinajstić information content (AvgIpc) is 2.46. The van der Waals surface area contributed by atoms with E-state index in [2.05, 4.69) is 33.6 Å². The second-order valence-electron chi connectivity index (χ2n) is 4.12. The molecule has 0 aliphatic rings. The molecular formula is C14H17FN4. The fourth-order valence-corrected chi connectivity index (χ4v) is 1.87. The third-order valence-corrected chi connectivity index (χ3v) is 2.91. The number of anilines is 2. The van der Waals surface area contributed by atoms with Crippen LogP contribution in [0.4, 0.5) is 16.2 Å². The summed E-state index contributed by atoms with van der Waals surface area (Å²) < 4.78 is 13.6. The lowest BCUT2D eigenvalue weighted by Gasteiger charge is -2.10. The van der Waals surface area contributed by atoms with Gasteiger partial charge in [0.05, 0.1) is 6.20 Å². The molecule has 0 saturated heterocycles. The summed E-state index contributed by atoms with van der Waals surface area (Å²) in [6.07, 6.45) is 2.11. The van der Waals surface area contributed by atoms with Gasteiger partial charge >= 0.3 is 0 Å². The fraction of sp³-hybridized carbons (Fsp3) is 0.286. The van der Waals surface area contributed by atoms with E-state index in [-0.39, 0.29) is 5.82 Å². The van der Waals surface area contributed by atoms with E-state index in [1.807, 2.05) is 18.2 Å². The van der Waals surface area contributed by atoms with E-state index >= 15 is 0 Å². The van der Waals surface area contributed by atoms with Crippen LogP contribution in [0.1, 0.15) is 18.1 Å². The Hall–Kier alpha value is -2.17. The molecule has 1 aromatic carbocycles. The van der Waals surface area contributed by atoms with Crippen LogP contribution in [0.3, 0.4) is 0 Å². The molecule has 0 unspecified atom stereocenters. The first-order chi connectivity index (χ1) is 9.24. The van der Waals surface area contributed by atoms with Crippen molar-refractivity contribution in [2.24, 2.45) is 0 Å². The van der Waals surface area contributed by atoms with Crippen molar-refractivity contribution in [2.45, 2.75) is 19.9 Å². The van der Waals surface area contributed by atoms with Gasteiger partial charge in [0.1, 0.15) is 0 Å². The van der Waals surface area contributed by atoms with E-state index in [1.165, 1.54) is 5.56 Å². The van der Waals surface area contributed by atoms with Crippen LogP contribution in [-0.2, 0) is 13.0 Å². The highest BCUT2D eigenvalue weighted by Gasteiger charge is 2.07. The van der Waals surface area contributed by atoms with Gasteiger partial charge in [0.2, 0.25) is 5.95 Å². The lowest BCUT2D eigenvalue weighted by molar-refractivity contribution is 0.617. The van der Waals surface area contributed by atoms with E-state index < -0.39 is 5.82 Å². The number of nitrogens with zero attached hydrogens (tertiary/aromatic N) is 2. The van der Waals surface area contributed by atoms with E-state index in [0.717, 1.165) is 18.2 Å². The van der Waals surface area contributed by atoms with Crippen LogP contribution in [0.5, 0.6) is 0 Å². The van der Waals surface area contributed by atoms with Gasteiger partial charge in [-0.3, -0.25) is 0 Å². The minimum Gasteiger partial charge on any atom is -0.363 e. The standard InChI is InChI=1S/C14H17FN4/c1-3-10-6-4-5-7-11(10)8-17-13-12(15)9-18-14(16-2)19-13/h4-7,9H,3,8H2,1-2H3,(H2,16,17,18,19). The quantitative estimate of drug-likeness (QED) is 0.868. The molecule has 2 rings (SSSR count). The molecule has 1 heterocycles. The molecule has 4 nitrogen and oxygen atoms in total. The van der Waals surface area contributed by atoms with E-state index in [9.17, 15) is 4.39 Å². The summed E-state index contributed by atoms with van der Waals surface area (Å²) in [6.45, 7) is 2.64. The maximum absolute atomic E-state index is 13.6. The van der Waals surface area contributed by atoms with Gasteiger partial charge in [0.25, 0.3) is 0 Å². The lowest BCUT2D eigenvalue weighted by Crippen LogP contribution is -2.08. The van der Waals surface area contributed by atoms with Crippen molar-refractivity contribution < 1.29 is 4.39 Å². The first kappa shape index (κ1) is 13.3. The van der Waals surface area contributed by atoms with E-state index in [4.69, 9.17) is 0 Å². The predicted octanol–water partition coefficient (Wildman–Crippen LogP) is 2.83. The molecule has 100 valence electrons. The van der Waals surface area contributed by atoms with Crippen molar-refractivity contribution in [3.05, 3.63) is 47.4 Å². The monoisotopic (exact) mass is 260 g/mol. The molecule has 2 N–H and O–H groups in total. The summed E-state index contributed by atoms with van der Waals surface area (Å²) in [5, 5.41) is 5.80. The number of nitrogens with one attached hydrogen (secondary N) is 2. The molecule has 5 heteroatoms. The van der Waals surface area contributed by atoms with Crippen LogP contribution < -0.4 is 10.6 Å². The van der Waals surface area contributed by atoms with Crippen molar-refractivity contribution in [1.29, 1.82) is 0 Å². The largest absolute Gasteiger partial charge is 0.363 e. The Labute approximate surface area is 112 Å². The molecule has 0 aliphatic carbocycles. The minimum atomic E-state index is -0.451. The number of benzene rings is 1. The maximum Gasteiger partial charge on any atom is 0.224 e. The lowest BCUT2D eigenvalue weighted by atomic mass is 10.1. The molecule has 19 heavy (non-hydrogen) atoms. The molecular weight excluding hydrogens is 243 g/mol. The van der Waals surface area contributed by atoms with Crippen LogP contribution in [-0.4, -0.2) is 17.0 Å². The molecule has 0 saturated carbocycles. The second-order valence-corrected chi connectivity index (χ2v) is 4.12. The highest BCUT2D eigenvalue weighted by Crippen LogP contribution is 2.15. The van der Waals surface area contributed by atoms with Crippen molar-refractivity contribution in [1.82, 2.24) is 9.97 Å². The number of hydrogen-bond acceptors (Lipinski definition) is 4. The highest BCUT2D eigenvalue weighted by atomic mass is 19.1. The molecule has 0 fully saturated rings. The Bertz CT molecular complexity index is 557. The van der Waals surface area contributed by atoms with Crippen molar-refractivity contribution in [3.8, 4) is 0 Å². The molecule has 1 aromatic heterocycles. The SMILES string of the molecule is CCc1ccccc1CNc1nc(NC)ncc1F. The second kappa shape index (κ2) is 6.13. The number of aryl methyl sites for hydroxylation is 1. The van der Waals surface area contributed by atoms with Crippen LogP contribution in [0.25, 0.3) is 0 Å². The number of rotatable bonds is 5. The van der Waals surface area contributed by atoms with Crippen molar-refractivity contribution >= 4 is 11.8 Å². The Morgan fingerprint density at radius 2 is 1.95 bits per heavy atom. The fourth-order valence-electron chi connectivity index (χ4n) is 1.87. The first-order valence-corrected chi connectivity index (χ1v) is 6.25. The first-order valence-electron chi connectivity index (χ1n) is 6.25. The summed E-state index contributed by atoms with van der Waals surface area (Å²) in [4.78, 5) is 7.86. The van der Waals surface area contributed by atoms with Gasteiger partial charge in [-0.05, 0) is 17.5 Å². The van der Waals surface area contributed by atoms with Crippen molar-refractivity contribution in [2.75, 3.05) is 17.7 Å².